The normalized spacial score (nSPS) is 11.6. The molecule has 208 valence electrons. The van der Waals surface area contributed by atoms with Crippen molar-refractivity contribution in [3.63, 3.8) is 0 Å². The molecule has 0 N–H and O–H groups in total. The van der Waals surface area contributed by atoms with Gasteiger partial charge in [0.05, 0.1) is 0 Å². The number of benzene rings is 3. The maximum atomic E-state index is 2.94. The standard InChI is InChI=1S/C35H51NSi.BrH/c1-4-5-6-7-8-9-10-11-12-22-30-36(31-29-32(2)3)37(33-23-16-13-17-24-33,34-25-18-14-19-26-34)35-27-20-15-21-28-35;/h13-21,23-28,32H,4-12,22,29-31H2,1-3H3;1H. The Hall–Kier alpha value is -1.68. The third kappa shape index (κ3) is 9.50. The minimum Gasteiger partial charge on any atom is -0.313 e. The van der Waals surface area contributed by atoms with Gasteiger partial charge in [0.2, 0.25) is 8.24 Å². The summed E-state index contributed by atoms with van der Waals surface area (Å²) < 4.78 is 2.94. The van der Waals surface area contributed by atoms with Gasteiger partial charge in [-0.3, -0.25) is 0 Å². The van der Waals surface area contributed by atoms with Crippen molar-refractivity contribution in [1.82, 2.24) is 4.57 Å². The Morgan fingerprint density at radius 3 is 1.26 bits per heavy atom. The Morgan fingerprint density at radius 2 is 0.895 bits per heavy atom. The predicted molar refractivity (Wildman–Crippen MR) is 177 cm³/mol. The first-order valence-corrected chi connectivity index (χ1v) is 17.1. The first kappa shape index (κ1) is 32.5. The lowest BCUT2D eigenvalue weighted by Crippen LogP contribution is -2.77. The van der Waals surface area contributed by atoms with E-state index in [9.17, 15) is 0 Å². The minimum absolute atomic E-state index is 0. The van der Waals surface area contributed by atoms with Gasteiger partial charge < -0.3 is 4.57 Å². The van der Waals surface area contributed by atoms with Crippen LogP contribution in [-0.2, 0) is 0 Å². The van der Waals surface area contributed by atoms with Crippen molar-refractivity contribution < 1.29 is 0 Å². The van der Waals surface area contributed by atoms with Crippen molar-refractivity contribution in [2.45, 2.75) is 91.4 Å². The molecule has 0 heterocycles. The van der Waals surface area contributed by atoms with Gasteiger partial charge in [-0.05, 0) is 47.4 Å². The summed E-state index contributed by atoms with van der Waals surface area (Å²) in [5.41, 5.74) is 0. The number of halogens is 1. The maximum absolute atomic E-state index is 2.94. The van der Waals surface area contributed by atoms with Crippen LogP contribution in [0.2, 0.25) is 0 Å². The van der Waals surface area contributed by atoms with E-state index in [1.165, 1.54) is 92.7 Å². The van der Waals surface area contributed by atoms with Crippen LogP contribution in [0.1, 0.15) is 91.4 Å². The van der Waals surface area contributed by atoms with Gasteiger partial charge in [0.15, 0.2) is 0 Å². The largest absolute Gasteiger partial charge is 0.313 e. The van der Waals surface area contributed by atoms with E-state index in [0.717, 1.165) is 6.54 Å². The van der Waals surface area contributed by atoms with Crippen LogP contribution < -0.4 is 15.6 Å². The van der Waals surface area contributed by atoms with E-state index < -0.39 is 8.24 Å². The molecular formula is C35H52BrNSi. The van der Waals surface area contributed by atoms with Crippen LogP contribution in [0, 0.1) is 5.92 Å². The molecule has 0 bridgehead atoms. The summed E-state index contributed by atoms with van der Waals surface area (Å²) >= 11 is 0. The van der Waals surface area contributed by atoms with Gasteiger partial charge in [-0.15, -0.1) is 17.0 Å². The number of rotatable bonds is 18. The summed E-state index contributed by atoms with van der Waals surface area (Å²) in [5, 5.41) is 4.51. The second-order valence-corrected chi connectivity index (χ2v) is 14.9. The fraction of sp³-hybridized carbons (Fsp3) is 0.486. The van der Waals surface area contributed by atoms with Crippen molar-refractivity contribution >= 4 is 40.8 Å². The Morgan fingerprint density at radius 1 is 0.526 bits per heavy atom. The Labute approximate surface area is 245 Å². The topological polar surface area (TPSA) is 3.24 Å². The summed E-state index contributed by atoms with van der Waals surface area (Å²) in [5.74, 6) is 0.698. The number of hydrogen-bond donors (Lipinski definition) is 0. The molecule has 0 spiro atoms. The summed E-state index contributed by atoms with van der Waals surface area (Å²) in [4.78, 5) is 0. The quantitative estimate of drug-likeness (QED) is 0.0811. The molecule has 0 aromatic heterocycles. The third-order valence-corrected chi connectivity index (χ3v) is 12.7. The van der Waals surface area contributed by atoms with E-state index in [2.05, 4.69) is 116 Å². The Kier molecular flexibility index (Phi) is 15.9. The molecule has 0 amide bonds. The van der Waals surface area contributed by atoms with Gasteiger partial charge in [0, 0.05) is 0 Å². The highest BCUT2D eigenvalue weighted by Gasteiger charge is 2.44. The summed E-state index contributed by atoms with van der Waals surface area (Å²) in [6.07, 6.45) is 15.1. The zero-order valence-corrected chi connectivity index (χ0v) is 27.0. The fourth-order valence-corrected chi connectivity index (χ4v) is 10.8. The lowest BCUT2D eigenvalue weighted by molar-refractivity contribution is 0.378. The monoisotopic (exact) mass is 593 g/mol. The average molecular weight is 595 g/mol. The van der Waals surface area contributed by atoms with Gasteiger partial charge in [0.25, 0.3) is 0 Å². The molecule has 0 fully saturated rings. The Balaban J connectivity index is 0.00000507. The second kappa shape index (κ2) is 18.6. The van der Waals surface area contributed by atoms with Crippen LogP contribution in [0.3, 0.4) is 0 Å². The minimum atomic E-state index is -2.38. The van der Waals surface area contributed by atoms with E-state index in [1.54, 1.807) is 0 Å². The van der Waals surface area contributed by atoms with Crippen LogP contribution in [0.5, 0.6) is 0 Å². The van der Waals surface area contributed by atoms with Crippen LogP contribution in [0.25, 0.3) is 0 Å². The summed E-state index contributed by atoms with van der Waals surface area (Å²) in [6, 6.07) is 34.3. The van der Waals surface area contributed by atoms with Crippen molar-refractivity contribution in [2.75, 3.05) is 13.1 Å². The van der Waals surface area contributed by atoms with Gasteiger partial charge in [-0.1, -0.05) is 170 Å². The molecule has 0 aliphatic rings. The molecule has 3 aromatic carbocycles. The van der Waals surface area contributed by atoms with Crippen LogP contribution in [-0.4, -0.2) is 25.9 Å². The lowest BCUT2D eigenvalue weighted by Gasteiger charge is -2.44. The average Bonchev–Trinajstić information content (AvgIpc) is 2.94. The zero-order valence-electron chi connectivity index (χ0n) is 24.3. The molecule has 0 saturated carbocycles. The van der Waals surface area contributed by atoms with Gasteiger partial charge in [-0.2, -0.15) is 0 Å². The van der Waals surface area contributed by atoms with E-state index in [-0.39, 0.29) is 17.0 Å². The molecule has 0 saturated heterocycles. The van der Waals surface area contributed by atoms with Crippen molar-refractivity contribution in [3.05, 3.63) is 91.0 Å². The number of nitrogens with zero attached hydrogens (tertiary/aromatic N) is 1. The number of unbranched alkanes of at least 4 members (excludes halogenated alkanes) is 9. The van der Waals surface area contributed by atoms with Crippen molar-refractivity contribution in [2.24, 2.45) is 5.92 Å². The SMILES string of the molecule is Br.CCCCCCCCCCCCN(CCC(C)C)[Si](c1ccccc1)(c1ccccc1)c1ccccc1. The van der Waals surface area contributed by atoms with Crippen LogP contribution in [0.4, 0.5) is 0 Å². The van der Waals surface area contributed by atoms with E-state index in [4.69, 9.17) is 0 Å². The van der Waals surface area contributed by atoms with Gasteiger partial charge in [-0.25, -0.2) is 0 Å². The van der Waals surface area contributed by atoms with Crippen LogP contribution >= 0.6 is 17.0 Å². The summed E-state index contributed by atoms with van der Waals surface area (Å²) in [7, 11) is -2.38. The third-order valence-electron chi connectivity index (χ3n) is 7.81. The Bertz CT molecular complexity index is 864. The van der Waals surface area contributed by atoms with Crippen molar-refractivity contribution in [3.8, 4) is 0 Å². The summed E-state index contributed by atoms with van der Waals surface area (Å²) in [6.45, 7) is 9.37. The zero-order chi connectivity index (χ0) is 26.2. The fourth-order valence-electron chi connectivity index (χ4n) is 5.74. The van der Waals surface area contributed by atoms with Crippen LogP contribution in [0.15, 0.2) is 91.0 Å². The molecule has 0 radical (unpaired) electrons. The van der Waals surface area contributed by atoms with Gasteiger partial charge >= 0.3 is 0 Å². The van der Waals surface area contributed by atoms with E-state index in [1.807, 2.05) is 0 Å². The lowest BCUT2D eigenvalue weighted by atomic mass is 10.1. The van der Waals surface area contributed by atoms with Crippen molar-refractivity contribution in [1.29, 1.82) is 0 Å². The molecule has 3 heteroatoms. The molecule has 1 nitrogen and oxygen atoms in total. The molecule has 0 unspecified atom stereocenters. The maximum Gasteiger partial charge on any atom is 0.224 e. The highest BCUT2D eigenvalue weighted by atomic mass is 79.9. The molecule has 0 atom stereocenters. The van der Waals surface area contributed by atoms with Gasteiger partial charge in [0.1, 0.15) is 0 Å². The molecular weight excluding hydrogens is 542 g/mol. The molecule has 3 rings (SSSR count). The molecule has 3 aromatic rings. The molecule has 0 aliphatic carbocycles. The second-order valence-electron chi connectivity index (χ2n) is 11.2. The number of hydrogen-bond acceptors (Lipinski definition) is 1. The predicted octanol–water partition coefficient (Wildman–Crippen LogP) is 8.50. The highest BCUT2D eigenvalue weighted by Crippen LogP contribution is 2.18. The van der Waals surface area contributed by atoms with E-state index in [0.29, 0.717) is 5.92 Å². The molecule has 0 aliphatic heterocycles. The first-order chi connectivity index (χ1) is 18.2. The molecule has 38 heavy (non-hydrogen) atoms. The van der Waals surface area contributed by atoms with E-state index >= 15 is 0 Å². The smallest absolute Gasteiger partial charge is 0.224 e. The highest BCUT2D eigenvalue weighted by molar-refractivity contribution is 8.93. The first-order valence-electron chi connectivity index (χ1n) is 15.1.